The number of hydrogen-bond donors (Lipinski definition) is 1. The van der Waals surface area contributed by atoms with Gasteiger partial charge in [0.25, 0.3) is 5.91 Å². The van der Waals surface area contributed by atoms with Crippen molar-refractivity contribution < 1.29 is 9.59 Å². The summed E-state index contributed by atoms with van der Waals surface area (Å²) in [5, 5.41) is 2.24. The Labute approximate surface area is 83.1 Å². The van der Waals surface area contributed by atoms with E-state index in [1.54, 1.807) is 12.1 Å². The molecule has 3 nitrogen and oxygen atoms in total. The van der Waals surface area contributed by atoms with E-state index in [-0.39, 0.29) is 11.8 Å². The predicted octanol–water partition coefficient (Wildman–Crippen LogP) is 1.58. The van der Waals surface area contributed by atoms with Gasteiger partial charge in [0.1, 0.15) is 0 Å². The van der Waals surface area contributed by atoms with Crippen molar-refractivity contribution in [1.82, 2.24) is 5.32 Å². The van der Waals surface area contributed by atoms with Crippen LogP contribution in [0.4, 0.5) is 0 Å². The second-order valence-electron chi connectivity index (χ2n) is 3.39. The summed E-state index contributed by atoms with van der Waals surface area (Å²) in [7, 11) is 0. The van der Waals surface area contributed by atoms with Crippen LogP contribution in [-0.2, 0) is 4.79 Å². The summed E-state index contributed by atoms with van der Waals surface area (Å²) in [6, 6.07) is 5.49. The molecule has 0 fully saturated rings. The first kappa shape index (κ1) is 10.4. The molecule has 0 unspecified atom stereocenters. The second kappa shape index (κ2) is 4.05. The lowest BCUT2D eigenvalue weighted by Gasteiger charge is -2.03. The van der Waals surface area contributed by atoms with Crippen molar-refractivity contribution in [1.29, 1.82) is 0 Å². The lowest BCUT2D eigenvalue weighted by molar-refractivity contribution is -0.118. The van der Waals surface area contributed by atoms with Crippen molar-refractivity contribution >= 4 is 11.8 Å². The third-order valence-corrected chi connectivity index (χ3v) is 1.77. The third-order valence-electron chi connectivity index (χ3n) is 1.77. The van der Waals surface area contributed by atoms with Crippen LogP contribution in [0.25, 0.3) is 0 Å². The first-order valence-corrected chi connectivity index (χ1v) is 4.39. The number of benzene rings is 1. The highest BCUT2D eigenvalue weighted by molar-refractivity contribution is 6.04. The van der Waals surface area contributed by atoms with Crippen LogP contribution in [0.1, 0.15) is 28.4 Å². The van der Waals surface area contributed by atoms with Crippen LogP contribution in [-0.4, -0.2) is 11.8 Å². The lowest BCUT2D eigenvalue weighted by Crippen LogP contribution is -2.27. The molecule has 0 atom stereocenters. The number of carbonyl (C=O) groups excluding carboxylic acids is 2. The summed E-state index contributed by atoms with van der Waals surface area (Å²) in [6.07, 6.45) is 0. The van der Waals surface area contributed by atoms with E-state index in [4.69, 9.17) is 0 Å². The maximum Gasteiger partial charge on any atom is 0.257 e. The van der Waals surface area contributed by atoms with E-state index in [9.17, 15) is 9.59 Å². The summed E-state index contributed by atoms with van der Waals surface area (Å²) in [4.78, 5) is 22.1. The fourth-order valence-corrected chi connectivity index (χ4v) is 1.34. The number of carbonyl (C=O) groups is 2. The number of rotatable bonds is 1. The molecule has 0 aliphatic heterocycles. The molecule has 0 bridgehead atoms. The average molecular weight is 191 g/mol. The highest BCUT2D eigenvalue weighted by Gasteiger charge is 2.07. The van der Waals surface area contributed by atoms with Crippen LogP contribution in [0.3, 0.4) is 0 Å². The van der Waals surface area contributed by atoms with Crippen molar-refractivity contribution in [2.24, 2.45) is 0 Å². The van der Waals surface area contributed by atoms with E-state index >= 15 is 0 Å². The highest BCUT2D eigenvalue weighted by atomic mass is 16.2. The third kappa shape index (κ3) is 2.69. The Hall–Kier alpha value is -1.64. The van der Waals surface area contributed by atoms with Gasteiger partial charge in [-0.1, -0.05) is 17.2 Å². The number of hydrogen-bond acceptors (Lipinski definition) is 2. The van der Waals surface area contributed by atoms with Gasteiger partial charge >= 0.3 is 0 Å². The molecular formula is C11H13NO2. The minimum atomic E-state index is -0.343. The largest absolute Gasteiger partial charge is 0.293 e. The van der Waals surface area contributed by atoms with Crippen LogP contribution < -0.4 is 5.32 Å². The van der Waals surface area contributed by atoms with Gasteiger partial charge in [0.15, 0.2) is 0 Å². The zero-order valence-electron chi connectivity index (χ0n) is 8.55. The van der Waals surface area contributed by atoms with Crippen LogP contribution >= 0.6 is 0 Å². The Balaban J connectivity index is 2.95. The first-order valence-electron chi connectivity index (χ1n) is 4.39. The quantitative estimate of drug-likeness (QED) is 0.732. The Kier molecular flexibility index (Phi) is 3.02. The summed E-state index contributed by atoms with van der Waals surface area (Å²) < 4.78 is 0. The standard InChI is InChI=1S/C11H13NO2/c1-7-4-8(2)6-10(5-7)11(14)12-9(3)13/h4-6H,1-3H3,(H,12,13,14). The Morgan fingerprint density at radius 3 is 2.00 bits per heavy atom. The molecule has 0 radical (unpaired) electrons. The van der Waals surface area contributed by atoms with Crippen LogP contribution in [0.5, 0.6) is 0 Å². The molecule has 0 saturated carbocycles. The number of nitrogens with one attached hydrogen (secondary N) is 1. The van der Waals surface area contributed by atoms with E-state index < -0.39 is 0 Å². The maximum absolute atomic E-state index is 11.4. The van der Waals surface area contributed by atoms with Crippen molar-refractivity contribution in [3.63, 3.8) is 0 Å². The van der Waals surface area contributed by atoms with Gasteiger partial charge in [0.2, 0.25) is 5.91 Å². The molecule has 1 aromatic rings. The van der Waals surface area contributed by atoms with Gasteiger partial charge in [-0.3, -0.25) is 14.9 Å². The van der Waals surface area contributed by atoms with Gasteiger partial charge < -0.3 is 0 Å². The molecule has 0 aliphatic rings. The Morgan fingerprint density at radius 2 is 1.57 bits per heavy atom. The lowest BCUT2D eigenvalue weighted by atomic mass is 10.1. The molecular weight excluding hydrogens is 178 g/mol. The van der Waals surface area contributed by atoms with Crippen LogP contribution in [0, 0.1) is 13.8 Å². The van der Waals surface area contributed by atoms with E-state index in [0.717, 1.165) is 11.1 Å². The summed E-state index contributed by atoms with van der Waals surface area (Å²) >= 11 is 0. The molecule has 1 rings (SSSR count). The van der Waals surface area contributed by atoms with E-state index in [1.165, 1.54) is 6.92 Å². The van der Waals surface area contributed by atoms with E-state index in [2.05, 4.69) is 5.32 Å². The molecule has 0 aliphatic carbocycles. The minimum Gasteiger partial charge on any atom is -0.293 e. The zero-order chi connectivity index (χ0) is 10.7. The van der Waals surface area contributed by atoms with Gasteiger partial charge in [-0.05, 0) is 26.0 Å². The van der Waals surface area contributed by atoms with Crippen molar-refractivity contribution in [2.45, 2.75) is 20.8 Å². The maximum atomic E-state index is 11.4. The number of amides is 2. The molecule has 14 heavy (non-hydrogen) atoms. The van der Waals surface area contributed by atoms with E-state index in [1.807, 2.05) is 19.9 Å². The van der Waals surface area contributed by atoms with Crippen molar-refractivity contribution in [3.8, 4) is 0 Å². The SMILES string of the molecule is CC(=O)NC(=O)c1cc(C)cc(C)c1. The highest BCUT2D eigenvalue weighted by Crippen LogP contribution is 2.08. The average Bonchev–Trinajstić information content (AvgIpc) is 2.00. The van der Waals surface area contributed by atoms with Crippen molar-refractivity contribution in [2.75, 3.05) is 0 Å². The van der Waals surface area contributed by atoms with Gasteiger partial charge in [-0.25, -0.2) is 0 Å². The molecule has 74 valence electrons. The first-order chi connectivity index (χ1) is 6.49. The Bertz CT molecular complexity index is 363. The Morgan fingerprint density at radius 1 is 1.07 bits per heavy atom. The van der Waals surface area contributed by atoms with Crippen LogP contribution in [0.15, 0.2) is 18.2 Å². The molecule has 0 aromatic heterocycles. The normalized spacial score (nSPS) is 9.64. The van der Waals surface area contributed by atoms with Gasteiger partial charge in [-0.2, -0.15) is 0 Å². The number of imide groups is 1. The summed E-state index contributed by atoms with van der Waals surface area (Å²) in [6.45, 7) is 5.15. The van der Waals surface area contributed by atoms with Gasteiger partial charge in [-0.15, -0.1) is 0 Å². The fraction of sp³-hybridized carbons (Fsp3) is 0.273. The van der Waals surface area contributed by atoms with Crippen molar-refractivity contribution in [3.05, 3.63) is 34.9 Å². The summed E-state index contributed by atoms with van der Waals surface area (Å²) in [5.41, 5.74) is 2.55. The zero-order valence-corrected chi connectivity index (χ0v) is 8.55. The fourth-order valence-electron chi connectivity index (χ4n) is 1.34. The summed E-state index contributed by atoms with van der Waals surface area (Å²) in [5.74, 6) is -0.682. The number of aryl methyl sites for hydroxylation is 2. The monoisotopic (exact) mass is 191 g/mol. The topological polar surface area (TPSA) is 46.2 Å². The minimum absolute atomic E-state index is 0.339. The molecule has 0 saturated heterocycles. The molecule has 1 aromatic carbocycles. The predicted molar refractivity (Wildman–Crippen MR) is 54.1 cm³/mol. The molecule has 2 amide bonds. The van der Waals surface area contributed by atoms with Crippen LogP contribution in [0.2, 0.25) is 0 Å². The van der Waals surface area contributed by atoms with Gasteiger partial charge in [0, 0.05) is 12.5 Å². The molecule has 1 N–H and O–H groups in total. The van der Waals surface area contributed by atoms with Gasteiger partial charge in [0.05, 0.1) is 0 Å². The molecule has 0 spiro atoms. The smallest absolute Gasteiger partial charge is 0.257 e. The molecule has 3 heteroatoms. The second-order valence-corrected chi connectivity index (χ2v) is 3.39. The van der Waals surface area contributed by atoms with E-state index in [0.29, 0.717) is 5.56 Å². The molecule has 0 heterocycles.